The first-order chi connectivity index (χ1) is 10.9. The maximum absolute atomic E-state index is 12.7. The SMILES string of the molecule is CCN1C[C@H](C(=O)N(CC(N)=O)C[C@@H]2CN(C)CCO2)CC1=O. The monoisotopic (exact) mass is 326 g/mol. The van der Waals surface area contributed by atoms with Crippen molar-refractivity contribution in [1.82, 2.24) is 14.7 Å². The first-order valence-electron chi connectivity index (χ1n) is 8.05. The number of amides is 3. The van der Waals surface area contributed by atoms with Crippen LogP contribution in [0.5, 0.6) is 0 Å². The number of hydrogen-bond donors (Lipinski definition) is 1. The number of primary amides is 1. The fraction of sp³-hybridized carbons (Fsp3) is 0.800. The van der Waals surface area contributed by atoms with Crippen LogP contribution in [0.4, 0.5) is 0 Å². The predicted octanol–water partition coefficient (Wildman–Crippen LogP) is -1.50. The van der Waals surface area contributed by atoms with Crippen molar-refractivity contribution in [2.75, 3.05) is 52.9 Å². The highest BCUT2D eigenvalue weighted by Gasteiger charge is 2.37. The van der Waals surface area contributed by atoms with E-state index in [9.17, 15) is 14.4 Å². The molecule has 2 aliphatic rings. The molecule has 2 atom stereocenters. The van der Waals surface area contributed by atoms with Crippen LogP contribution in [0.2, 0.25) is 0 Å². The van der Waals surface area contributed by atoms with Crippen LogP contribution in [-0.2, 0) is 19.1 Å². The number of carbonyl (C=O) groups is 3. The van der Waals surface area contributed by atoms with Gasteiger partial charge in [-0.3, -0.25) is 14.4 Å². The van der Waals surface area contributed by atoms with E-state index in [1.165, 1.54) is 4.90 Å². The van der Waals surface area contributed by atoms with Crippen LogP contribution in [0.25, 0.3) is 0 Å². The molecule has 8 nitrogen and oxygen atoms in total. The summed E-state index contributed by atoms with van der Waals surface area (Å²) in [5.74, 6) is -1.16. The normalized spacial score (nSPS) is 25.7. The average Bonchev–Trinajstić information content (AvgIpc) is 2.86. The number of carbonyl (C=O) groups excluding carboxylic acids is 3. The maximum Gasteiger partial charge on any atom is 0.237 e. The fourth-order valence-electron chi connectivity index (χ4n) is 3.14. The van der Waals surface area contributed by atoms with Gasteiger partial charge in [-0.15, -0.1) is 0 Å². The van der Waals surface area contributed by atoms with Gasteiger partial charge in [0.25, 0.3) is 0 Å². The van der Waals surface area contributed by atoms with Crippen LogP contribution in [0.1, 0.15) is 13.3 Å². The average molecular weight is 326 g/mol. The molecule has 0 saturated carbocycles. The number of ether oxygens (including phenoxy) is 1. The quantitative estimate of drug-likeness (QED) is 0.641. The van der Waals surface area contributed by atoms with Crippen LogP contribution in [0.3, 0.4) is 0 Å². The van der Waals surface area contributed by atoms with E-state index >= 15 is 0 Å². The molecule has 2 saturated heterocycles. The van der Waals surface area contributed by atoms with Crippen molar-refractivity contribution >= 4 is 17.7 Å². The van der Waals surface area contributed by atoms with Gasteiger partial charge in [0.15, 0.2) is 0 Å². The largest absolute Gasteiger partial charge is 0.374 e. The number of rotatable bonds is 6. The van der Waals surface area contributed by atoms with Gasteiger partial charge in [0, 0.05) is 39.1 Å². The zero-order valence-corrected chi connectivity index (χ0v) is 13.9. The summed E-state index contributed by atoms with van der Waals surface area (Å²) in [4.78, 5) is 41.1. The van der Waals surface area contributed by atoms with E-state index in [0.717, 1.165) is 6.54 Å². The lowest BCUT2D eigenvalue weighted by molar-refractivity contribution is -0.141. The Hall–Kier alpha value is -1.67. The van der Waals surface area contributed by atoms with Gasteiger partial charge >= 0.3 is 0 Å². The number of hydrogen-bond acceptors (Lipinski definition) is 5. The summed E-state index contributed by atoms with van der Waals surface area (Å²) in [5, 5.41) is 0. The van der Waals surface area contributed by atoms with Crippen LogP contribution in [0.15, 0.2) is 0 Å². The van der Waals surface area contributed by atoms with Gasteiger partial charge in [0.1, 0.15) is 0 Å². The van der Waals surface area contributed by atoms with Gasteiger partial charge in [-0.2, -0.15) is 0 Å². The van der Waals surface area contributed by atoms with Crippen LogP contribution in [-0.4, -0.2) is 91.4 Å². The molecule has 2 fully saturated rings. The topological polar surface area (TPSA) is 96.2 Å². The van der Waals surface area contributed by atoms with Crippen molar-refractivity contribution in [2.45, 2.75) is 19.4 Å². The van der Waals surface area contributed by atoms with Crippen molar-refractivity contribution in [1.29, 1.82) is 0 Å². The van der Waals surface area contributed by atoms with Crippen LogP contribution < -0.4 is 5.73 Å². The highest BCUT2D eigenvalue weighted by atomic mass is 16.5. The molecular formula is C15H26N4O4. The van der Waals surface area contributed by atoms with E-state index in [0.29, 0.717) is 32.8 Å². The molecule has 2 N–H and O–H groups in total. The predicted molar refractivity (Wildman–Crippen MR) is 83.4 cm³/mol. The zero-order valence-electron chi connectivity index (χ0n) is 13.9. The Labute approximate surface area is 136 Å². The second kappa shape index (κ2) is 7.74. The molecule has 2 aliphatic heterocycles. The Morgan fingerprint density at radius 2 is 2.13 bits per heavy atom. The third-order valence-corrected chi connectivity index (χ3v) is 4.37. The Balaban J connectivity index is 2.01. The molecule has 3 amide bonds. The number of likely N-dealkylation sites (N-methyl/N-ethyl adjacent to an activating group) is 1. The minimum atomic E-state index is -0.556. The first-order valence-corrected chi connectivity index (χ1v) is 8.05. The molecule has 0 spiro atoms. The van der Waals surface area contributed by atoms with Crippen LogP contribution >= 0.6 is 0 Å². The standard InChI is InChI=1S/C15H26N4O4/c1-3-18-7-11(6-14(18)21)15(22)19(10-13(16)20)9-12-8-17(2)4-5-23-12/h11-12H,3-10H2,1-2H3,(H2,16,20)/t11-,12+/m1/s1. The second-order valence-corrected chi connectivity index (χ2v) is 6.27. The smallest absolute Gasteiger partial charge is 0.237 e. The lowest BCUT2D eigenvalue weighted by Gasteiger charge is -2.34. The van der Waals surface area contributed by atoms with E-state index < -0.39 is 11.8 Å². The summed E-state index contributed by atoms with van der Waals surface area (Å²) < 4.78 is 5.67. The third kappa shape index (κ3) is 4.65. The lowest BCUT2D eigenvalue weighted by atomic mass is 10.1. The van der Waals surface area contributed by atoms with E-state index in [2.05, 4.69) is 4.90 Å². The summed E-state index contributed by atoms with van der Waals surface area (Å²) >= 11 is 0. The van der Waals surface area contributed by atoms with E-state index in [-0.39, 0.29) is 30.9 Å². The van der Waals surface area contributed by atoms with Gasteiger partial charge in [-0.05, 0) is 14.0 Å². The number of likely N-dealkylation sites (tertiary alicyclic amines) is 1. The van der Waals surface area contributed by atoms with Crippen LogP contribution in [0, 0.1) is 5.92 Å². The van der Waals surface area contributed by atoms with Crippen molar-refractivity contribution < 1.29 is 19.1 Å². The van der Waals surface area contributed by atoms with Gasteiger partial charge in [-0.1, -0.05) is 0 Å². The second-order valence-electron chi connectivity index (χ2n) is 6.27. The lowest BCUT2D eigenvalue weighted by Crippen LogP contribution is -2.50. The van der Waals surface area contributed by atoms with Crippen molar-refractivity contribution in [3.8, 4) is 0 Å². The summed E-state index contributed by atoms with van der Waals surface area (Å²) in [6.07, 6.45) is 0.0596. The minimum Gasteiger partial charge on any atom is -0.374 e. The van der Waals surface area contributed by atoms with Crippen molar-refractivity contribution in [3.63, 3.8) is 0 Å². The molecule has 0 bridgehead atoms. The summed E-state index contributed by atoms with van der Waals surface area (Å²) in [6.45, 7) is 5.23. The maximum atomic E-state index is 12.7. The molecule has 23 heavy (non-hydrogen) atoms. The van der Waals surface area contributed by atoms with Gasteiger partial charge < -0.3 is 25.2 Å². The molecule has 0 unspecified atom stereocenters. The highest BCUT2D eigenvalue weighted by molar-refractivity contribution is 5.91. The van der Waals surface area contributed by atoms with E-state index in [4.69, 9.17) is 10.5 Å². The fourth-order valence-corrected chi connectivity index (χ4v) is 3.14. The molecule has 0 aromatic rings. The Morgan fingerprint density at radius 3 is 2.70 bits per heavy atom. The van der Waals surface area contributed by atoms with Gasteiger partial charge in [0.05, 0.1) is 25.2 Å². The summed E-state index contributed by atoms with van der Waals surface area (Å²) in [5.41, 5.74) is 5.28. The molecule has 130 valence electrons. The molecule has 0 aromatic heterocycles. The summed E-state index contributed by atoms with van der Waals surface area (Å²) in [7, 11) is 1.99. The summed E-state index contributed by atoms with van der Waals surface area (Å²) in [6, 6.07) is 0. The Kier molecular flexibility index (Phi) is 5.95. The molecule has 8 heteroatoms. The molecule has 0 radical (unpaired) electrons. The zero-order chi connectivity index (χ0) is 17.0. The highest BCUT2D eigenvalue weighted by Crippen LogP contribution is 2.20. The first kappa shape index (κ1) is 17.7. The Morgan fingerprint density at radius 1 is 1.39 bits per heavy atom. The molecule has 2 heterocycles. The molecule has 0 aromatic carbocycles. The molecule has 0 aliphatic carbocycles. The number of nitrogens with two attached hydrogens (primary N) is 1. The van der Waals surface area contributed by atoms with E-state index in [1.54, 1.807) is 4.90 Å². The Bertz CT molecular complexity index is 470. The number of morpholine rings is 1. The van der Waals surface area contributed by atoms with E-state index in [1.807, 2.05) is 14.0 Å². The van der Waals surface area contributed by atoms with Gasteiger partial charge in [-0.25, -0.2) is 0 Å². The van der Waals surface area contributed by atoms with Crippen molar-refractivity contribution in [2.24, 2.45) is 11.7 Å². The molecular weight excluding hydrogens is 300 g/mol. The van der Waals surface area contributed by atoms with Gasteiger partial charge in [0.2, 0.25) is 17.7 Å². The minimum absolute atomic E-state index is 0.0153. The van der Waals surface area contributed by atoms with Crippen molar-refractivity contribution in [3.05, 3.63) is 0 Å². The number of nitrogens with zero attached hydrogens (tertiary/aromatic N) is 3. The third-order valence-electron chi connectivity index (χ3n) is 4.37. The molecule has 2 rings (SSSR count).